The molecule has 0 amide bonds. The molecule has 0 spiro atoms. The average molecular weight is 367 g/mol. The van der Waals surface area contributed by atoms with Gasteiger partial charge in [0.15, 0.2) is 0 Å². The van der Waals surface area contributed by atoms with Crippen LogP contribution in [0.15, 0.2) is 42.7 Å². The van der Waals surface area contributed by atoms with Gasteiger partial charge < -0.3 is 10.1 Å². The molecule has 2 saturated heterocycles. The highest BCUT2D eigenvalue weighted by Gasteiger charge is 2.20. The van der Waals surface area contributed by atoms with Crippen molar-refractivity contribution >= 4 is 5.82 Å². The molecule has 1 aromatic heterocycles. The number of aromatic nitrogens is 2. The van der Waals surface area contributed by atoms with Gasteiger partial charge in [0.25, 0.3) is 0 Å². The topological polar surface area (TPSA) is 50.3 Å². The average Bonchev–Trinajstić information content (AvgIpc) is 3.25. The van der Waals surface area contributed by atoms with Gasteiger partial charge in [-0.15, -0.1) is 0 Å². The number of hydrogen-bond acceptors (Lipinski definition) is 5. The second kappa shape index (κ2) is 9.29. The Balaban J connectivity index is 1.18. The van der Waals surface area contributed by atoms with Crippen LogP contribution in [0.3, 0.4) is 0 Å². The summed E-state index contributed by atoms with van der Waals surface area (Å²) in [7, 11) is 0. The fraction of sp³-hybridized carbons (Fsp3) is 0.545. The van der Waals surface area contributed by atoms with Gasteiger partial charge in [-0.25, -0.2) is 9.97 Å². The van der Waals surface area contributed by atoms with Crippen LogP contribution < -0.4 is 5.32 Å². The molecule has 2 fully saturated rings. The lowest BCUT2D eigenvalue weighted by atomic mass is 9.93. The smallest absolute Gasteiger partial charge is 0.129 e. The summed E-state index contributed by atoms with van der Waals surface area (Å²) in [4.78, 5) is 11.4. The molecule has 0 aliphatic carbocycles. The van der Waals surface area contributed by atoms with Crippen molar-refractivity contribution < 1.29 is 4.74 Å². The highest BCUT2D eigenvalue weighted by atomic mass is 16.5. The molecule has 2 aliphatic heterocycles. The molecular weight excluding hydrogens is 336 g/mol. The summed E-state index contributed by atoms with van der Waals surface area (Å²) in [5.41, 5.74) is 2.53. The van der Waals surface area contributed by atoms with Gasteiger partial charge in [0.1, 0.15) is 12.1 Å². The lowest BCUT2D eigenvalue weighted by Gasteiger charge is -2.32. The number of piperidine rings is 1. The van der Waals surface area contributed by atoms with E-state index < -0.39 is 0 Å². The van der Waals surface area contributed by atoms with E-state index >= 15 is 0 Å². The highest BCUT2D eigenvalue weighted by Crippen LogP contribution is 2.25. The summed E-state index contributed by atoms with van der Waals surface area (Å²) in [6, 6.07) is 12.9. The fourth-order valence-corrected chi connectivity index (χ4v) is 4.14. The molecule has 3 heterocycles. The first kappa shape index (κ1) is 18.4. The predicted molar refractivity (Wildman–Crippen MR) is 108 cm³/mol. The molecular formula is C22H30N4O. The zero-order valence-corrected chi connectivity index (χ0v) is 16.0. The highest BCUT2D eigenvalue weighted by molar-refractivity contribution is 5.35. The zero-order valence-electron chi connectivity index (χ0n) is 16.0. The summed E-state index contributed by atoms with van der Waals surface area (Å²) < 4.78 is 5.47. The molecule has 4 rings (SSSR count). The lowest BCUT2D eigenvalue weighted by molar-refractivity contribution is 0.174. The number of likely N-dealkylation sites (tertiary alicyclic amines) is 1. The summed E-state index contributed by atoms with van der Waals surface area (Å²) in [6.45, 7) is 6.12. The Morgan fingerprint density at radius 3 is 2.70 bits per heavy atom. The predicted octanol–water partition coefficient (Wildman–Crippen LogP) is 3.69. The van der Waals surface area contributed by atoms with Crippen molar-refractivity contribution in [3.63, 3.8) is 0 Å². The molecule has 0 saturated carbocycles. The van der Waals surface area contributed by atoms with E-state index in [9.17, 15) is 0 Å². The van der Waals surface area contributed by atoms with Gasteiger partial charge in [-0.05, 0) is 50.3 Å². The van der Waals surface area contributed by atoms with E-state index in [4.69, 9.17) is 4.74 Å². The molecule has 0 radical (unpaired) electrons. The van der Waals surface area contributed by atoms with Crippen LogP contribution in [0.2, 0.25) is 0 Å². The van der Waals surface area contributed by atoms with Crippen molar-refractivity contribution in [1.29, 1.82) is 0 Å². The van der Waals surface area contributed by atoms with Crippen LogP contribution in [0.25, 0.3) is 0 Å². The molecule has 1 aromatic carbocycles. The Morgan fingerprint density at radius 1 is 1.07 bits per heavy atom. The van der Waals surface area contributed by atoms with Gasteiger partial charge in [0.2, 0.25) is 0 Å². The molecule has 144 valence electrons. The Labute approximate surface area is 162 Å². The minimum absolute atomic E-state index is 0.433. The number of nitrogens with one attached hydrogen (secondary N) is 1. The van der Waals surface area contributed by atoms with Crippen molar-refractivity contribution in [2.24, 2.45) is 5.92 Å². The number of nitrogens with zero attached hydrogens (tertiary/aromatic N) is 3. The van der Waals surface area contributed by atoms with Gasteiger partial charge in [-0.3, -0.25) is 4.90 Å². The zero-order chi connectivity index (χ0) is 18.3. The van der Waals surface area contributed by atoms with Crippen molar-refractivity contribution in [3.8, 4) is 0 Å². The molecule has 1 atom stereocenters. The summed E-state index contributed by atoms with van der Waals surface area (Å²) in [5.74, 6) is 2.20. The Morgan fingerprint density at radius 2 is 1.93 bits per heavy atom. The maximum absolute atomic E-state index is 5.47. The first-order valence-corrected chi connectivity index (χ1v) is 10.3. The lowest BCUT2D eigenvalue weighted by Crippen LogP contribution is -2.33. The molecule has 2 aromatic rings. The summed E-state index contributed by atoms with van der Waals surface area (Å²) in [6.07, 6.45) is 6.55. The molecule has 1 N–H and O–H groups in total. The van der Waals surface area contributed by atoms with Gasteiger partial charge in [-0.2, -0.15) is 0 Å². The second-order valence-corrected chi connectivity index (χ2v) is 7.81. The summed E-state index contributed by atoms with van der Waals surface area (Å²) >= 11 is 0. The largest absolute Gasteiger partial charge is 0.381 e. The Bertz CT molecular complexity index is 694. The minimum Gasteiger partial charge on any atom is -0.381 e. The van der Waals surface area contributed by atoms with E-state index in [0.29, 0.717) is 5.92 Å². The molecule has 2 aliphatic rings. The van der Waals surface area contributed by atoms with Crippen LogP contribution in [0.5, 0.6) is 0 Å². The Kier molecular flexibility index (Phi) is 6.32. The molecule has 5 nitrogen and oxygen atoms in total. The van der Waals surface area contributed by atoms with Crippen molar-refractivity contribution in [3.05, 3.63) is 54.0 Å². The van der Waals surface area contributed by atoms with Crippen LogP contribution >= 0.6 is 0 Å². The van der Waals surface area contributed by atoms with Crippen LogP contribution in [-0.4, -0.2) is 47.7 Å². The van der Waals surface area contributed by atoms with Gasteiger partial charge in [0.05, 0.1) is 12.3 Å². The number of rotatable bonds is 7. The van der Waals surface area contributed by atoms with E-state index in [0.717, 1.165) is 50.2 Å². The standard InChI is InChI=1S/C22H30N4O/c1-2-4-19(5-3-1)15-26-11-7-18(8-12-26)6-10-23-22-14-21(24-17-25-22)20-9-13-27-16-20/h1-5,14,17-18,20H,6-13,15-16H2,(H,23,24,25)/t20-/m1/s1. The third-order valence-corrected chi connectivity index (χ3v) is 5.85. The number of benzene rings is 1. The molecule has 5 heteroatoms. The van der Waals surface area contributed by atoms with Gasteiger partial charge in [0, 0.05) is 31.7 Å². The molecule has 0 bridgehead atoms. The molecule has 27 heavy (non-hydrogen) atoms. The number of ether oxygens (including phenoxy) is 1. The first-order chi connectivity index (χ1) is 13.4. The number of anilines is 1. The van der Waals surface area contributed by atoms with E-state index in [2.05, 4.69) is 56.6 Å². The summed E-state index contributed by atoms with van der Waals surface area (Å²) in [5, 5.41) is 3.50. The van der Waals surface area contributed by atoms with E-state index in [1.54, 1.807) is 6.33 Å². The Hall–Kier alpha value is -1.98. The first-order valence-electron chi connectivity index (χ1n) is 10.3. The SMILES string of the molecule is c1ccc(CN2CCC(CCNc3cc([C@@H]4CCOC4)ncn3)CC2)cc1. The van der Waals surface area contributed by atoms with Crippen molar-refractivity contribution in [1.82, 2.24) is 14.9 Å². The van der Waals surface area contributed by atoms with Crippen molar-refractivity contribution in [2.75, 3.05) is 38.2 Å². The van der Waals surface area contributed by atoms with Crippen LogP contribution in [0, 0.1) is 5.92 Å². The molecule has 0 unspecified atom stereocenters. The third kappa shape index (κ3) is 5.27. The van der Waals surface area contributed by atoms with E-state index in [1.165, 1.54) is 37.9 Å². The van der Waals surface area contributed by atoms with Gasteiger partial charge >= 0.3 is 0 Å². The maximum Gasteiger partial charge on any atom is 0.129 e. The van der Waals surface area contributed by atoms with Gasteiger partial charge in [-0.1, -0.05) is 30.3 Å². The fourth-order valence-electron chi connectivity index (χ4n) is 4.14. The quantitative estimate of drug-likeness (QED) is 0.810. The van der Waals surface area contributed by atoms with E-state index in [1.807, 2.05) is 0 Å². The monoisotopic (exact) mass is 366 g/mol. The maximum atomic E-state index is 5.47. The minimum atomic E-state index is 0.433. The number of hydrogen-bond donors (Lipinski definition) is 1. The normalized spacial score (nSPS) is 21.4. The second-order valence-electron chi connectivity index (χ2n) is 7.81. The van der Waals surface area contributed by atoms with E-state index in [-0.39, 0.29) is 0 Å². The van der Waals surface area contributed by atoms with Crippen LogP contribution in [0.4, 0.5) is 5.82 Å². The third-order valence-electron chi connectivity index (χ3n) is 5.85. The van der Waals surface area contributed by atoms with Crippen LogP contribution in [0.1, 0.15) is 42.9 Å². The van der Waals surface area contributed by atoms with Crippen molar-refractivity contribution in [2.45, 2.75) is 38.1 Å². The van der Waals surface area contributed by atoms with Crippen LogP contribution in [-0.2, 0) is 11.3 Å².